The second-order valence-corrected chi connectivity index (χ2v) is 9.05. The number of rotatable bonds is 5. The zero-order valence-electron chi connectivity index (χ0n) is 18.3. The van der Waals surface area contributed by atoms with Gasteiger partial charge < -0.3 is 19.6 Å². The number of aryl methyl sites for hydroxylation is 1. The summed E-state index contributed by atoms with van der Waals surface area (Å²) in [6.45, 7) is 10.5. The number of amides is 1. The average molecular weight is 417 g/mol. The number of phenols is 1. The maximum Gasteiger partial charge on any atom is 0.407 e. The predicted octanol–water partition coefficient (Wildman–Crippen LogP) is 3.80. The molecule has 30 heavy (non-hydrogen) atoms. The SMILES string of the molecule is CCc1cc2c(CN3CCCC(CNC(=O)OC(C)(C)C)C3)cc(=O)oc2cc1O. The van der Waals surface area contributed by atoms with Gasteiger partial charge in [0.1, 0.15) is 16.9 Å². The Bertz CT molecular complexity index is 960. The van der Waals surface area contributed by atoms with E-state index in [4.69, 9.17) is 9.15 Å². The molecule has 1 aliphatic rings. The van der Waals surface area contributed by atoms with Crippen molar-refractivity contribution in [2.24, 2.45) is 5.92 Å². The van der Waals surface area contributed by atoms with Gasteiger partial charge in [-0.1, -0.05) is 6.92 Å². The molecule has 3 rings (SSSR count). The van der Waals surface area contributed by atoms with Gasteiger partial charge in [0, 0.05) is 37.2 Å². The molecule has 2 heterocycles. The minimum absolute atomic E-state index is 0.150. The molecule has 1 unspecified atom stereocenters. The second-order valence-electron chi connectivity index (χ2n) is 9.05. The molecule has 2 aromatic rings. The highest BCUT2D eigenvalue weighted by Gasteiger charge is 2.23. The van der Waals surface area contributed by atoms with Crippen LogP contribution >= 0.6 is 0 Å². The van der Waals surface area contributed by atoms with Gasteiger partial charge in [0.15, 0.2) is 0 Å². The first-order valence-electron chi connectivity index (χ1n) is 10.6. The fourth-order valence-corrected chi connectivity index (χ4v) is 3.97. The lowest BCUT2D eigenvalue weighted by molar-refractivity contribution is 0.0506. The summed E-state index contributed by atoms with van der Waals surface area (Å²) < 4.78 is 10.6. The normalized spacial score (nSPS) is 17.8. The number of hydrogen-bond donors (Lipinski definition) is 2. The van der Waals surface area contributed by atoms with Crippen LogP contribution in [-0.4, -0.2) is 41.3 Å². The summed E-state index contributed by atoms with van der Waals surface area (Å²) in [5.41, 5.74) is 1.21. The van der Waals surface area contributed by atoms with Crippen LogP contribution in [0.25, 0.3) is 11.0 Å². The summed E-state index contributed by atoms with van der Waals surface area (Å²) in [6.07, 6.45) is 2.37. The highest BCUT2D eigenvalue weighted by atomic mass is 16.6. The minimum Gasteiger partial charge on any atom is -0.508 e. The molecule has 0 radical (unpaired) electrons. The maximum absolute atomic E-state index is 12.0. The van der Waals surface area contributed by atoms with E-state index in [1.54, 1.807) is 6.07 Å². The Hall–Kier alpha value is -2.54. The third-order valence-electron chi connectivity index (χ3n) is 5.34. The third kappa shape index (κ3) is 5.75. The number of nitrogens with one attached hydrogen (secondary N) is 1. The van der Waals surface area contributed by atoms with Gasteiger partial charge in [-0.15, -0.1) is 0 Å². The first kappa shape index (κ1) is 22.2. The Morgan fingerprint density at radius 2 is 2.07 bits per heavy atom. The van der Waals surface area contributed by atoms with E-state index >= 15 is 0 Å². The molecule has 1 saturated heterocycles. The highest BCUT2D eigenvalue weighted by molar-refractivity contribution is 5.82. The summed E-state index contributed by atoms with van der Waals surface area (Å²) in [6, 6.07) is 4.98. The molecule has 1 aliphatic heterocycles. The largest absolute Gasteiger partial charge is 0.508 e. The summed E-state index contributed by atoms with van der Waals surface area (Å²) in [7, 11) is 0. The lowest BCUT2D eigenvalue weighted by Crippen LogP contribution is -2.42. The number of piperidine rings is 1. The summed E-state index contributed by atoms with van der Waals surface area (Å²) in [5.74, 6) is 0.476. The Kier molecular flexibility index (Phi) is 6.71. The summed E-state index contributed by atoms with van der Waals surface area (Å²) >= 11 is 0. The van der Waals surface area contributed by atoms with Crippen molar-refractivity contribution >= 4 is 17.1 Å². The van der Waals surface area contributed by atoms with Gasteiger partial charge in [-0.3, -0.25) is 4.90 Å². The number of hydrogen-bond acceptors (Lipinski definition) is 6. The number of carbonyl (C=O) groups excluding carboxylic acids is 1. The van der Waals surface area contributed by atoms with Gasteiger partial charge in [-0.2, -0.15) is 0 Å². The topological polar surface area (TPSA) is 92.0 Å². The second kappa shape index (κ2) is 9.08. The molecular weight excluding hydrogens is 384 g/mol. The average Bonchev–Trinajstić information content (AvgIpc) is 2.65. The van der Waals surface area contributed by atoms with E-state index in [9.17, 15) is 14.7 Å². The van der Waals surface area contributed by atoms with E-state index in [1.165, 1.54) is 6.07 Å². The zero-order valence-corrected chi connectivity index (χ0v) is 18.3. The van der Waals surface area contributed by atoms with E-state index in [0.29, 0.717) is 31.0 Å². The van der Waals surface area contributed by atoms with Crippen LogP contribution in [0.1, 0.15) is 51.7 Å². The van der Waals surface area contributed by atoms with Crippen molar-refractivity contribution in [3.63, 3.8) is 0 Å². The molecule has 1 aromatic carbocycles. The number of ether oxygens (including phenoxy) is 1. The van der Waals surface area contributed by atoms with Crippen molar-refractivity contribution in [2.75, 3.05) is 19.6 Å². The number of benzene rings is 1. The number of nitrogens with zero attached hydrogens (tertiary/aromatic N) is 1. The van der Waals surface area contributed by atoms with Crippen LogP contribution in [0.4, 0.5) is 4.79 Å². The van der Waals surface area contributed by atoms with Crippen LogP contribution < -0.4 is 10.9 Å². The van der Waals surface area contributed by atoms with Crippen LogP contribution in [0.3, 0.4) is 0 Å². The van der Waals surface area contributed by atoms with Gasteiger partial charge in [0.05, 0.1) is 0 Å². The van der Waals surface area contributed by atoms with Gasteiger partial charge in [-0.05, 0) is 69.7 Å². The van der Waals surface area contributed by atoms with Crippen LogP contribution in [0.15, 0.2) is 27.4 Å². The van der Waals surface area contributed by atoms with Crippen molar-refractivity contribution in [3.05, 3.63) is 39.7 Å². The van der Waals surface area contributed by atoms with Gasteiger partial charge in [-0.25, -0.2) is 9.59 Å². The van der Waals surface area contributed by atoms with Crippen molar-refractivity contribution in [1.29, 1.82) is 0 Å². The molecule has 7 nitrogen and oxygen atoms in total. The molecule has 0 saturated carbocycles. The molecule has 0 bridgehead atoms. The molecular formula is C23H32N2O5. The molecule has 164 valence electrons. The van der Waals surface area contributed by atoms with Crippen LogP contribution in [0.2, 0.25) is 0 Å². The van der Waals surface area contributed by atoms with Crippen LogP contribution in [0, 0.1) is 5.92 Å². The quantitative estimate of drug-likeness (QED) is 0.721. The molecule has 0 aliphatic carbocycles. The molecule has 1 aromatic heterocycles. The van der Waals surface area contributed by atoms with Crippen LogP contribution in [-0.2, 0) is 17.7 Å². The number of fused-ring (bicyclic) bond motifs is 1. The minimum atomic E-state index is -0.510. The Balaban J connectivity index is 1.69. The van der Waals surface area contributed by atoms with Crippen molar-refractivity contribution in [3.8, 4) is 5.75 Å². The molecule has 2 N–H and O–H groups in total. The standard InChI is InChI=1S/C23H32N2O5/c1-5-16-9-18-17(10-21(27)29-20(18)11-19(16)26)14-25-8-6-7-15(13-25)12-24-22(28)30-23(2,3)4/h9-11,15,26H,5-8,12-14H2,1-4H3,(H,24,28). The fourth-order valence-electron chi connectivity index (χ4n) is 3.97. The molecule has 1 atom stereocenters. The smallest absolute Gasteiger partial charge is 0.407 e. The van der Waals surface area contributed by atoms with Crippen molar-refractivity contribution in [1.82, 2.24) is 10.2 Å². The van der Waals surface area contributed by atoms with Crippen molar-refractivity contribution in [2.45, 2.75) is 59.1 Å². The van der Waals surface area contributed by atoms with Gasteiger partial charge >= 0.3 is 11.7 Å². The molecule has 1 amide bonds. The number of likely N-dealkylation sites (tertiary alicyclic amines) is 1. The maximum atomic E-state index is 12.0. The van der Waals surface area contributed by atoms with E-state index in [-0.39, 0.29) is 5.75 Å². The predicted molar refractivity (Wildman–Crippen MR) is 116 cm³/mol. The molecule has 0 spiro atoms. The third-order valence-corrected chi connectivity index (χ3v) is 5.34. The lowest BCUT2D eigenvalue weighted by Gasteiger charge is -2.33. The van der Waals surface area contributed by atoms with Crippen molar-refractivity contribution < 1.29 is 19.1 Å². The molecule has 1 fully saturated rings. The number of aromatic hydroxyl groups is 1. The number of phenolic OH excluding ortho intramolecular Hbond substituents is 1. The number of carbonyl (C=O) groups is 1. The summed E-state index contributed by atoms with van der Waals surface area (Å²) in [5, 5.41) is 13.8. The molecule has 7 heteroatoms. The van der Waals surface area contributed by atoms with E-state index < -0.39 is 17.3 Å². The first-order valence-corrected chi connectivity index (χ1v) is 10.6. The Morgan fingerprint density at radius 3 is 2.77 bits per heavy atom. The zero-order chi connectivity index (χ0) is 21.9. The fraction of sp³-hybridized carbons (Fsp3) is 0.565. The monoisotopic (exact) mass is 416 g/mol. The lowest BCUT2D eigenvalue weighted by atomic mass is 9.97. The van der Waals surface area contributed by atoms with E-state index in [2.05, 4.69) is 10.2 Å². The first-order chi connectivity index (χ1) is 14.1. The number of alkyl carbamates (subject to hydrolysis) is 1. The van der Waals surface area contributed by atoms with E-state index in [0.717, 1.165) is 42.4 Å². The van der Waals surface area contributed by atoms with Gasteiger partial charge in [0.25, 0.3) is 0 Å². The van der Waals surface area contributed by atoms with Crippen LogP contribution in [0.5, 0.6) is 5.75 Å². The Morgan fingerprint density at radius 1 is 1.30 bits per heavy atom. The van der Waals surface area contributed by atoms with E-state index in [1.807, 2.05) is 33.8 Å². The van der Waals surface area contributed by atoms with Gasteiger partial charge in [0.2, 0.25) is 0 Å². The Labute approximate surface area is 177 Å². The highest BCUT2D eigenvalue weighted by Crippen LogP contribution is 2.28. The summed E-state index contributed by atoms with van der Waals surface area (Å²) in [4.78, 5) is 26.3.